The number of ether oxygens (including phenoxy) is 1. The summed E-state index contributed by atoms with van der Waals surface area (Å²) in [5.41, 5.74) is 6.37. The molecule has 0 aromatic heterocycles. The summed E-state index contributed by atoms with van der Waals surface area (Å²) >= 11 is 0. The minimum Gasteiger partial charge on any atom is -0.399 e. The summed E-state index contributed by atoms with van der Waals surface area (Å²) in [7, 11) is 2.00. The van der Waals surface area contributed by atoms with Gasteiger partial charge in [-0.25, -0.2) is 4.39 Å². The molecule has 20 heavy (non-hydrogen) atoms. The van der Waals surface area contributed by atoms with Crippen molar-refractivity contribution < 1.29 is 13.9 Å². The fourth-order valence-electron chi connectivity index (χ4n) is 2.25. The molecule has 2 rings (SSSR count). The van der Waals surface area contributed by atoms with Crippen LogP contribution in [0.2, 0.25) is 0 Å². The van der Waals surface area contributed by atoms with Gasteiger partial charge in [0, 0.05) is 25.3 Å². The largest absolute Gasteiger partial charge is 0.399 e. The van der Waals surface area contributed by atoms with Crippen molar-refractivity contribution in [3.05, 3.63) is 29.1 Å². The van der Waals surface area contributed by atoms with Gasteiger partial charge in [0.2, 0.25) is 0 Å². The third kappa shape index (κ3) is 3.46. The number of carbonyl (C=O) groups is 1. The summed E-state index contributed by atoms with van der Waals surface area (Å²) in [5.74, 6) is -0.992. The molecule has 1 heterocycles. The Balaban J connectivity index is 1.98. The van der Waals surface area contributed by atoms with E-state index in [1.807, 2.05) is 7.05 Å². The summed E-state index contributed by atoms with van der Waals surface area (Å²) in [6.07, 6.45) is -0.0667. The smallest absolute Gasteiger partial charge is 0.254 e. The lowest BCUT2D eigenvalue weighted by Crippen LogP contribution is -2.46. The number of morpholine rings is 1. The monoisotopic (exact) mass is 281 g/mol. The zero-order chi connectivity index (χ0) is 14.7. The van der Waals surface area contributed by atoms with Crippen LogP contribution in [0.5, 0.6) is 0 Å². The van der Waals surface area contributed by atoms with E-state index in [1.54, 1.807) is 6.92 Å². The standard InChI is InChI=1S/C14H20FN3O2/c1-9-5-10(16)6-12(13(9)15)14(19)17-7-11-8-18(2)3-4-20-11/h5-6,11H,3-4,7-8,16H2,1-2H3,(H,17,19). The van der Waals surface area contributed by atoms with Crippen molar-refractivity contribution in [2.75, 3.05) is 39.0 Å². The van der Waals surface area contributed by atoms with Gasteiger partial charge in [-0.15, -0.1) is 0 Å². The number of nitrogens with zero attached hydrogens (tertiary/aromatic N) is 1. The van der Waals surface area contributed by atoms with Gasteiger partial charge in [-0.05, 0) is 31.7 Å². The molecule has 1 fully saturated rings. The van der Waals surface area contributed by atoms with E-state index in [2.05, 4.69) is 10.2 Å². The number of aryl methyl sites for hydroxylation is 1. The summed E-state index contributed by atoms with van der Waals surface area (Å²) in [5, 5.41) is 2.70. The normalized spacial score (nSPS) is 19.9. The molecule has 0 bridgehead atoms. The van der Waals surface area contributed by atoms with Crippen LogP contribution in [-0.4, -0.2) is 50.2 Å². The Labute approximate surface area is 117 Å². The van der Waals surface area contributed by atoms with Crippen molar-refractivity contribution in [3.63, 3.8) is 0 Å². The number of hydrogen-bond acceptors (Lipinski definition) is 4. The van der Waals surface area contributed by atoms with E-state index in [4.69, 9.17) is 10.5 Å². The Hall–Kier alpha value is -1.66. The Bertz CT molecular complexity index is 507. The maximum absolute atomic E-state index is 13.9. The second-order valence-corrected chi connectivity index (χ2v) is 5.16. The van der Waals surface area contributed by atoms with Crippen LogP contribution in [0.4, 0.5) is 10.1 Å². The van der Waals surface area contributed by atoms with Crippen molar-refractivity contribution in [2.45, 2.75) is 13.0 Å². The maximum atomic E-state index is 13.9. The molecule has 0 aliphatic carbocycles. The summed E-state index contributed by atoms with van der Waals surface area (Å²) in [6.45, 7) is 4.22. The Morgan fingerprint density at radius 1 is 1.60 bits per heavy atom. The molecule has 1 aliphatic heterocycles. The minimum atomic E-state index is -0.529. The van der Waals surface area contributed by atoms with Gasteiger partial charge in [0.05, 0.1) is 18.3 Å². The van der Waals surface area contributed by atoms with Gasteiger partial charge in [0.1, 0.15) is 5.82 Å². The summed E-state index contributed by atoms with van der Waals surface area (Å²) < 4.78 is 19.4. The highest BCUT2D eigenvalue weighted by atomic mass is 19.1. The first-order valence-electron chi connectivity index (χ1n) is 6.61. The Kier molecular flexibility index (Phi) is 4.57. The van der Waals surface area contributed by atoms with Crippen LogP contribution >= 0.6 is 0 Å². The number of rotatable bonds is 3. The predicted octanol–water partition coefficient (Wildman–Crippen LogP) is 0.777. The average molecular weight is 281 g/mol. The first-order valence-corrected chi connectivity index (χ1v) is 6.61. The van der Waals surface area contributed by atoms with Gasteiger partial charge in [-0.1, -0.05) is 0 Å². The molecule has 6 heteroatoms. The fourth-order valence-corrected chi connectivity index (χ4v) is 2.25. The summed E-state index contributed by atoms with van der Waals surface area (Å²) in [4.78, 5) is 14.1. The molecule has 3 N–H and O–H groups in total. The minimum absolute atomic E-state index is 0.0216. The summed E-state index contributed by atoms with van der Waals surface area (Å²) in [6, 6.07) is 2.86. The van der Waals surface area contributed by atoms with E-state index in [1.165, 1.54) is 12.1 Å². The quantitative estimate of drug-likeness (QED) is 0.803. The zero-order valence-electron chi connectivity index (χ0n) is 11.8. The Morgan fingerprint density at radius 2 is 2.35 bits per heavy atom. The Morgan fingerprint density at radius 3 is 3.05 bits per heavy atom. The average Bonchev–Trinajstić information content (AvgIpc) is 2.40. The molecule has 5 nitrogen and oxygen atoms in total. The van der Waals surface area contributed by atoms with Crippen molar-refractivity contribution >= 4 is 11.6 Å². The number of nitrogens with one attached hydrogen (secondary N) is 1. The molecular weight excluding hydrogens is 261 g/mol. The second-order valence-electron chi connectivity index (χ2n) is 5.16. The molecule has 0 radical (unpaired) electrons. The van der Waals surface area contributed by atoms with Crippen LogP contribution in [-0.2, 0) is 4.74 Å². The number of anilines is 1. The maximum Gasteiger partial charge on any atom is 0.254 e. The van der Waals surface area contributed by atoms with E-state index in [9.17, 15) is 9.18 Å². The van der Waals surface area contributed by atoms with Crippen molar-refractivity contribution in [2.24, 2.45) is 0 Å². The van der Waals surface area contributed by atoms with Crippen molar-refractivity contribution in [1.82, 2.24) is 10.2 Å². The third-order valence-corrected chi connectivity index (χ3v) is 3.35. The molecule has 1 atom stereocenters. The van der Waals surface area contributed by atoms with Gasteiger partial charge in [-0.3, -0.25) is 4.79 Å². The van der Waals surface area contributed by atoms with Crippen molar-refractivity contribution in [1.29, 1.82) is 0 Å². The highest BCUT2D eigenvalue weighted by Gasteiger charge is 2.20. The predicted molar refractivity (Wildman–Crippen MR) is 75.1 cm³/mol. The first kappa shape index (κ1) is 14.7. The van der Waals surface area contributed by atoms with Gasteiger partial charge in [0.25, 0.3) is 5.91 Å². The van der Waals surface area contributed by atoms with Crippen LogP contribution in [0.1, 0.15) is 15.9 Å². The van der Waals surface area contributed by atoms with E-state index in [-0.39, 0.29) is 11.7 Å². The molecule has 1 aromatic carbocycles. The van der Waals surface area contributed by atoms with E-state index >= 15 is 0 Å². The topological polar surface area (TPSA) is 67.6 Å². The number of carbonyl (C=O) groups excluding carboxylic acids is 1. The lowest BCUT2D eigenvalue weighted by molar-refractivity contribution is -0.0175. The highest BCUT2D eigenvalue weighted by Crippen LogP contribution is 2.17. The van der Waals surface area contributed by atoms with E-state index < -0.39 is 11.7 Å². The molecule has 1 aliphatic rings. The number of likely N-dealkylation sites (N-methyl/N-ethyl adjacent to an activating group) is 1. The number of benzene rings is 1. The number of hydrogen-bond donors (Lipinski definition) is 2. The number of halogens is 1. The third-order valence-electron chi connectivity index (χ3n) is 3.35. The number of nitrogens with two attached hydrogens (primary N) is 1. The van der Waals surface area contributed by atoms with Gasteiger partial charge >= 0.3 is 0 Å². The van der Waals surface area contributed by atoms with E-state index in [0.717, 1.165) is 13.1 Å². The SMILES string of the molecule is Cc1cc(N)cc(C(=O)NCC2CN(C)CCO2)c1F. The second kappa shape index (κ2) is 6.19. The lowest BCUT2D eigenvalue weighted by Gasteiger charge is -2.30. The zero-order valence-corrected chi connectivity index (χ0v) is 11.8. The first-order chi connectivity index (χ1) is 9.47. The molecule has 110 valence electrons. The molecule has 1 aromatic rings. The molecule has 1 amide bonds. The van der Waals surface area contributed by atoms with Gasteiger partial charge in [0.15, 0.2) is 0 Å². The van der Waals surface area contributed by atoms with Crippen LogP contribution in [0, 0.1) is 12.7 Å². The molecule has 0 spiro atoms. The van der Waals surface area contributed by atoms with Crippen LogP contribution in [0.25, 0.3) is 0 Å². The van der Waals surface area contributed by atoms with Gasteiger partial charge in [-0.2, -0.15) is 0 Å². The fraction of sp³-hybridized carbons (Fsp3) is 0.500. The number of nitrogen functional groups attached to an aromatic ring is 1. The van der Waals surface area contributed by atoms with E-state index in [0.29, 0.717) is 24.4 Å². The highest BCUT2D eigenvalue weighted by molar-refractivity contribution is 5.95. The number of amides is 1. The lowest BCUT2D eigenvalue weighted by atomic mass is 10.1. The molecular formula is C14H20FN3O2. The van der Waals surface area contributed by atoms with Crippen LogP contribution in [0.3, 0.4) is 0 Å². The van der Waals surface area contributed by atoms with Crippen LogP contribution < -0.4 is 11.1 Å². The molecule has 0 saturated carbocycles. The van der Waals surface area contributed by atoms with Crippen molar-refractivity contribution in [3.8, 4) is 0 Å². The van der Waals surface area contributed by atoms with Gasteiger partial charge < -0.3 is 20.7 Å². The molecule has 1 saturated heterocycles. The van der Waals surface area contributed by atoms with Crippen LogP contribution in [0.15, 0.2) is 12.1 Å². The molecule has 1 unspecified atom stereocenters.